The lowest BCUT2D eigenvalue weighted by Gasteiger charge is -2.12. The zero-order valence-electron chi connectivity index (χ0n) is 14.2. The lowest BCUT2D eigenvalue weighted by molar-refractivity contribution is -0.129. The highest BCUT2D eigenvalue weighted by Crippen LogP contribution is 2.10. The van der Waals surface area contributed by atoms with Gasteiger partial charge in [0.25, 0.3) is 0 Å². The van der Waals surface area contributed by atoms with Crippen molar-refractivity contribution in [3.63, 3.8) is 0 Å². The van der Waals surface area contributed by atoms with E-state index >= 15 is 0 Å². The number of amides is 2. The van der Waals surface area contributed by atoms with Gasteiger partial charge in [-0.25, -0.2) is 4.39 Å². The van der Waals surface area contributed by atoms with Gasteiger partial charge in [-0.05, 0) is 23.3 Å². The zero-order chi connectivity index (χ0) is 18.8. The number of aliphatic hydroxyl groups excluding tert-OH is 1. The smallest absolute Gasteiger partial charge is 0.246 e. The van der Waals surface area contributed by atoms with Crippen LogP contribution in [0.25, 0.3) is 0 Å². The Bertz CT molecular complexity index is 707. The number of hydrogen-bond acceptors (Lipinski definition) is 4. The first-order valence-corrected chi connectivity index (χ1v) is 8.13. The molecule has 0 saturated heterocycles. The molecule has 0 fully saturated rings. The highest BCUT2D eigenvalue weighted by Gasteiger charge is 2.10. The molecule has 0 spiro atoms. The molecule has 7 heteroatoms. The van der Waals surface area contributed by atoms with Gasteiger partial charge in [-0.15, -0.1) is 0 Å². The summed E-state index contributed by atoms with van der Waals surface area (Å²) in [5.74, 6) is -1.19. The van der Waals surface area contributed by atoms with E-state index in [4.69, 9.17) is 4.74 Å². The van der Waals surface area contributed by atoms with Crippen molar-refractivity contribution < 1.29 is 23.8 Å². The fraction of sp³-hybridized carbons (Fsp3) is 0.263. The van der Waals surface area contributed by atoms with Gasteiger partial charge in [0.1, 0.15) is 12.4 Å². The average molecular weight is 360 g/mol. The van der Waals surface area contributed by atoms with Gasteiger partial charge in [0.15, 0.2) is 0 Å². The lowest BCUT2D eigenvalue weighted by Crippen LogP contribution is -2.39. The molecule has 0 radical (unpaired) electrons. The Morgan fingerprint density at radius 2 is 1.69 bits per heavy atom. The Labute approximate surface area is 151 Å². The molecule has 0 saturated carbocycles. The molecule has 0 aliphatic heterocycles. The minimum Gasteiger partial charge on any atom is -0.387 e. The predicted molar refractivity (Wildman–Crippen MR) is 93.5 cm³/mol. The van der Waals surface area contributed by atoms with E-state index in [-0.39, 0.29) is 32.1 Å². The second-order valence-electron chi connectivity index (χ2n) is 5.63. The molecular formula is C19H21FN2O4. The number of rotatable bonds is 9. The first kappa shape index (κ1) is 19.6. The van der Waals surface area contributed by atoms with Crippen LogP contribution in [0.15, 0.2) is 54.6 Å². The van der Waals surface area contributed by atoms with Crippen LogP contribution in [0.3, 0.4) is 0 Å². The third-order valence-electron chi connectivity index (χ3n) is 3.54. The van der Waals surface area contributed by atoms with Crippen LogP contribution in [0.2, 0.25) is 0 Å². The number of carbonyl (C=O) groups is 2. The van der Waals surface area contributed by atoms with Crippen LogP contribution >= 0.6 is 0 Å². The van der Waals surface area contributed by atoms with Gasteiger partial charge in [0, 0.05) is 6.54 Å². The van der Waals surface area contributed by atoms with Gasteiger partial charge in [-0.3, -0.25) is 9.59 Å². The highest BCUT2D eigenvalue weighted by molar-refractivity contribution is 5.85. The summed E-state index contributed by atoms with van der Waals surface area (Å²) in [6.07, 6.45) is -0.810. The molecule has 0 aromatic heterocycles. The Morgan fingerprint density at radius 3 is 2.38 bits per heavy atom. The molecule has 0 unspecified atom stereocenters. The van der Waals surface area contributed by atoms with E-state index in [1.165, 1.54) is 12.1 Å². The summed E-state index contributed by atoms with van der Waals surface area (Å²) < 4.78 is 18.0. The van der Waals surface area contributed by atoms with Crippen molar-refractivity contribution in [3.05, 3.63) is 71.5 Å². The summed E-state index contributed by atoms with van der Waals surface area (Å²) in [6.45, 7) is -0.194. The zero-order valence-corrected chi connectivity index (χ0v) is 14.2. The SMILES string of the molecule is O=C(CNC(=O)COCc1ccc(F)cc1)NC[C@H](O)c1ccccc1. The second-order valence-corrected chi connectivity index (χ2v) is 5.63. The summed E-state index contributed by atoms with van der Waals surface area (Å²) in [4.78, 5) is 23.3. The fourth-order valence-electron chi connectivity index (χ4n) is 2.14. The van der Waals surface area contributed by atoms with Crippen LogP contribution in [0, 0.1) is 5.82 Å². The molecule has 2 aromatic carbocycles. The van der Waals surface area contributed by atoms with Crippen molar-refractivity contribution in [2.45, 2.75) is 12.7 Å². The van der Waals surface area contributed by atoms with Gasteiger partial charge in [-0.2, -0.15) is 0 Å². The second kappa shape index (κ2) is 10.3. The molecular weight excluding hydrogens is 339 g/mol. The molecule has 3 N–H and O–H groups in total. The van der Waals surface area contributed by atoms with Gasteiger partial charge in [0.05, 0.1) is 19.3 Å². The van der Waals surface area contributed by atoms with E-state index in [0.29, 0.717) is 5.56 Å². The highest BCUT2D eigenvalue weighted by atomic mass is 19.1. The molecule has 0 aliphatic rings. The molecule has 0 aliphatic carbocycles. The number of nitrogens with one attached hydrogen (secondary N) is 2. The van der Waals surface area contributed by atoms with Crippen molar-refractivity contribution in [1.29, 1.82) is 0 Å². The minimum absolute atomic E-state index is 0.0553. The lowest BCUT2D eigenvalue weighted by atomic mass is 10.1. The van der Waals surface area contributed by atoms with Crippen LogP contribution in [-0.2, 0) is 20.9 Å². The standard InChI is InChI=1S/C19H21FN2O4/c20-16-8-6-14(7-9-16)12-26-13-19(25)22-11-18(24)21-10-17(23)15-4-2-1-3-5-15/h1-9,17,23H,10-13H2,(H,21,24)(H,22,25)/t17-/m0/s1. The summed E-state index contributed by atoms with van der Waals surface area (Å²) >= 11 is 0. The van der Waals surface area contributed by atoms with Gasteiger partial charge in [0.2, 0.25) is 11.8 Å². The molecule has 0 heterocycles. The molecule has 26 heavy (non-hydrogen) atoms. The first-order valence-electron chi connectivity index (χ1n) is 8.13. The number of benzene rings is 2. The van der Waals surface area contributed by atoms with Crippen molar-refractivity contribution in [2.24, 2.45) is 0 Å². The molecule has 0 bridgehead atoms. The normalized spacial score (nSPS) is 11.6. The Balaban J connectivity index is 1.59. The van der Waals surface area contributed by atoms with Crippen molar-refractivity contribution in [2.75, 3.05) is 19.7 Å². The Kier molecular flexibility index (Phi) is 7.73. The van der Waals surface area contributed by atoms with Crippen LogP contribution in [0.1, 0.15) is 17.2 Å². The van der Waals surface area contributed by atoms with Crippen molar-refractivity contribution in [3.8, 4) is 0 Å². The van der Waals surface area contributed by atoms with E-state index in [0.717, 1.165) is 5.56 Å². The summed E-state index contributed by atoms with van der Waals surface area (Å²) in [5, 5.41) is 14.9. The molecule has 2 rings (SSSR count). The van der Waals surface area contributed by atoms with Crippen molar-refractivity contribution in [1.82, 2.24) is 10.6 Å². The minimum atomic E-state index is -0.810. The van der Waals surface area contributed by atoms with Crippen molar-refractivity contribution >= 4 is 11.8 Å². The summed E-state index contributed by atoms with van der Waals surface area (Å²) in [6, 6.07) is 14.7. The van der Waals surface area contributed by atoms with Crippen LogP contribution in [0.5, 0.6) is 0 Å². The summed E-state index contributed by atoms with van der Waals surface area (Å²) in [7, 11) is 0. The van der Waals surface area contributed by atoms with Gasteiger partial charge >= 0.3 is 0 Å². The number of aliphatic hydroxyl groups is 1. The quantitative estimate of drug-likeness (QED) is 0.629. The maximum atomic E-state index is 12.8. The van der Waals surface area contributed by atoms with Gasteiger partial charge < -0.3 is 20.5 Å². The topological polar surface area (TPSA) is 87.7 Å². The van der Waals surface area contributed by atoms with Crippen LogP contribution in [0.4, 0.5) is 4.39 Å². The Hall–Kier alpha value is -2.77. The Morgan fingerprint density at radius 1 is 1.00 bits per heavy atom. The van der Waals surface area contributed by atoms with Crippen LogP contribution < -0.4 is 10.6 Å². The molecule has 138 valence electrons. The average Bonchev–Trinajstić information content (AvgIpc) is 2.66. The monoisotopic (exact) mass is 360 g/mol. The van der Waals surface area contributed by atoms with E-state index in [1.807, 2.05) is 6.07 Å². The largest absolute Gasteiger partial charge is 0.387 e. The third kappa shape index (κ3) is 7.00. The van der Waals surface area contributed by atoms with E-state index in [1.54, 1.807) is 36.4 Å². The van der Waals surface area contributed by atoms with E-state index in [9.17, 15) is 19.1 Å². The maximum Gasteiger partial charge on any atom is 0.246 e. The predicted octanol–water partition coefficient (Wildman–Crippen LogP) is 1.31. The number of carbonyl (C=O) groups excluding carboxylic acids is 2. The summed E-state index contributed by atoms with van der Waals surface area (Å²) in [5.41, 5.74) is 1.44. The number of ether oxygens (including phenoxy) is 1. The molecule has 6 nitrogen and oxygen atoms in total. The van der Waals surface area contributed by atoms with Gasteiger partial charge in [-0.1, -0.05) is 42.5 Å². The van der Waals surface area contributed by atoms with Crippen LogP contribution in [-0.4, -0.2) is 36.6 Å². The molecule has 2 aromatic rings. The van der Waals surface area contributed by atoms with E-state index < -0.39 is 17.9 Å². The molecule has 2 amide bonds. The van der Waals surface area contributed by atoms with E-state index in [2.05, 4.69) is 10.6 Å². The number of halogens is 1. The first-order chi connectivity index (χ1) is 12.5. The molecule has 1 atom stereocenters. The third-order valence-corrected chi connectivity index (χ3v) is 3.54. The number of hydrogen-bond donors (Lipinski definition) is 3. The maximum absolute atomic E-state index is 12.8. The fourth-order valence-corrected chi connectivity index (χ4v) is 2.14.